The fourth-order valence-electron chi connectivity index (χ4n) is 2.72. The highest BCUT2D eigenvalue weighted by Crippen LogP contribution is 2.25. The van der Waals surface area contributed by atoms with Crippen LogP contribution in [0.5, 0.6) is 0 Å². The molecule has 1 atom stereocenters. The summed E-state index contributed by atoms with van der Waals surface area (Å²) >= 11 is 0. The summed E-state index contributed by atoms with van der Waals surface area (Å²) in [6.07, 6.45) is -0.371. The maximum Gasteiger partial charge on any atom is 0.309 e. The Hall–Kier alpha value is -2.01. The highest BCUT2D eigenvalue weighted by Gasteiger charge is 2.35. The van der Waals surface area contributed by atoms with Crippen molar-refractivity contribution in [3.8, 4) is 0 Å². The maximum absolute atomic E-state index is 13.1. The zero-order chi connectivity index (χ0) is 20.0. The maximum atomic E-state index is 13.1. The van der Waals surface area contributed by atoms with Gasteiger partial charge in [0, 0.05) is 13.1 Å². The molecule has 1 saturated heterocycles. The van der Waals surface area contributed by atoms with Crippen LogP contribution >= 0.6 is 0 Å². The van der Waals surface area contributed by atoms with Crippen LogP contribution in [0, 0.1) is 13.8 Å². The van der Waals surface area contributed by atoms with E-state index in [0.717, 1.165) is 5.56 Å². The van der Waals surface area contributed by atoms with Crippen LogP contribution in [0.2, 0.25) is 0 Å². The molecule has 150 valence electrons. The number of hydrogen-bond acceptors (Lipinski definition) is 6. The first-order chi connectivity index (χ1) is 12.8. The fraction of sp³-hybridized carbons (Fsp3) is 0.529. The summed E-state index contributed by atoms with van der Waals surface area (Å²) in [4.78, 5) is 23.5. The van der Waals surface area contributed by atoms with Gasteiger partial charge in [0.15, 0.2) is 0 Å². The first-order valence-corrected chi connectivity index (χ1v) is 10.1. The summed E-state index contributed by atoms with van der Waals surface area (Å²) in [5, 5.41) is 13.3. The Labute approximate surface area is 158 Å². The number of aliphatic hydroxyl groups excluding tert-OH is 1. The van der Waals surface area contributed by atoms with Gasteiger partial charge in [0.1, 0.15) is 6.23 Å². The first kappa shape index (κ1) is 21.3. The van der Waals surface area contributed by atoms with Crippen molar-refractivity contribution in [1.82, 2.24) is 14.9 Å². The largest absolute Gasteiger partial charge is 0.395 e. The lowest BCUT2D eigenvalue weighted by Gasteiger charge is -2.35. The van der Waals surface area contributed by atoms with E-state index in [1.54, 1.807) is 19.1 Å². The molecule has 1 aromatic rings. The number of ether oxygens (including phenoxy) is 1. The van der Waals surface area contributed by atoms with Gasteiger partial charge in [-0.05, 0) is 37.5 Å². The molecule has 27 heavy (non-hydrogen) atoms. The van der Waals surface area contributed by atoms with Crippen LogP contribution in [0.1, 0.15) is 17.5 Å². The molecule has 2 rings (SSSR count). The van der Waals surface area contributed by atoms with Crippen LogP contribution in [-0.4, -0.2) is 68.7 Å². The summed E-state index contributed by atoms with van der Waals surface area (Å²) in [5.74, 6) is -1.81. The average Bonchev–Trinajstić information content (AvgIpc) is 2.66. The third kappa shape index (κ3) is 5.25. The number of aliphatic hydroxyl groups is 1. The van der Waals surface area contributed by atoms with Gasteiger partial charge in [0.2, 0.25) is 10.0 Å². The predicted molar refractivity (Wildman–Crippen MR) is 97.3 cm³/mol. The summed E-state index contributed by atoms with van der Waals surface area (Å²) in [6, 6.07) is 5.19. The Kier molecular flexibility index (Phi) is 7.31. The van der Waals surface area contributed by atoms with Crippen molar-refractivity contribution in [2.75, 3.05) is 32.8 Å². The Morgan fingerprint density at radius 3 is 2.67 bits per heavy atom. The molecular formula is C17H25N3O6S. The van der Waals surface area contributed by atoms with Gasteiger partial charge in [0.25, 0.3) is 0 Å². The number of rotatable bonds is 6. The number of carbonyl (C=O) groups excluding carboxylic acids is 2. The SMILES string of the molecule is Cc1ccc(C)c(S(=O)(=O)N2CCCO[C@H]2CNC(=O)C(=O)NCCO)c1. The van der Waals surface area contributed by atoms with Crippen molar-refractivity contribution >= 4 is 21.8 Å². The Balaban J connectivity index is 2.13. The summed E-state index contributed by atoms with van der Waals surface area (Å²) in [6.45, 7) is 3.66. The summed E-state index contributed by atoms with van der Waals surface area (Å²) in [5.41, 5.74) is 1.44. The molecule has 1 aliphatic heterocycles. The molecule has 1 aromatic carbocycles. The second-order valence-corrected chi connectivity index (χ2v) is 8.11. The van der Waals surface area contributed by atoms with Gasteiger partial charge in [-0.1, -0.05) is 12.1 Å². The molecule has 0 saturated carbocycles. The topological polar surface area (TPSA) is 125 Å². The van der Waals surface area contributed by atoms with Crippen LogP contribution < -0.4 is 10.6 Å². The number of carbonyl (C=O) groups is 2. The Bertz CT molecular complexity index is 796. The van der Waals surface area contributed by atoms with E-state index in [1.165, 1.54) is 4.31 Å². The molecule has 0 aliphatic carbocycles. The predicted octanol–water partition coefficient (Wildman–Crippen LogP) is -0.735. The second-order valence-electron chi connectivity index (χ2n) is 6.25. The highest BCUT2D eigenvalue weighted by molar-refractivity contribution is 7.89. The van der Waals surface area contributed by atoms with Gasteiger partial charge in [-0.2, -0.15) is 4.31 Å². The van der Waals surface area contributed by atoms with Crippen molar-refractivity contribution in [3.63, 3.8) is 0 Å². The second kappa shape index (κ2) is 9.27. The highest BCUT2D eigenvalue weighted by atomic mass is 32.2. The van der Waals surface area contributed by atoms with E-state index in [0.29, 0.717) is 18.6 Å². The van der Waals surface area contributed by atoms with Gasteiger partial charge in [0.05, 0.1) is 24.7 Å². The minimum Gasteiger partial charge on any atom is -0.395 e. The number of sulfonamides is 1. The van der Waals surface area contributed by atoms with Gasteiger partial charge in [-0.15, -0.1) is 0 Å². The van der Waals surface area contributed by atoms with Gasteiger partial charge >= 0.3 is 11.8 Å². The molecule has 0 radical (unpaired) electrons. The number of nitrogens with zero attached hydrogens (tertiary/aromatic N) is 1. The van der Waals surface area contributed by atoms with Crippen molar-refractivity contribution < 1.29 is 27.9 Å². The monoisotopic (exact) mass is 399 g/mol. The lowest BCUT2D eigenvalue weighted by atomic mass is 10.2. The summed E-state index contributed by atoms with van der Waals surface area (Å²) < 4.78 is 33.0. The minimum atomic E-state index is -3.82. The number of nitrogens with one attached hydrogen (secondary N) is 2. The molecule has 2 amide bonds. The standard InChI is InChI=1S/C17H25N3O6S/c1-12-4-5-13(2)14(10-12)27(24,25)20-7-3-9-26-15(20)11-19-17(23)16(22)18-6-8-21/h4-5,10,15,21H,3,6-9,11H2,1-2H3,(H,18,22)(H,19,23)/t15-/m0/s1. The Morgan fingerprint density at radius 2 is 1.96 bits per heavy atom. The van der Waals surface area contributed by atoms with Crippen LogP contribution in [-0.2, 0) is 24.3 Å². The van der Waals surface area contributed by atoms with E-state index in [2.05, 4.69) is 10.6 Å². The van der Waals surface area contributed by atoms with E-state index < -0.39 is 28.1 Å². The smallest absolute Gasteiger partial charge is 0.309 e. The lowest BCUT2D eigenvalue weighted by molar-refractivity contribution is -0.140. The van der Waals surface area contributed by atoms with Gasteiger partial charge in [-0.25, -0.2) is 8.42 Å². The normalized spacial score (nSPS) is 18.1. The fourth-order valence-corrected chi connectivity index (χ4v) is 4.60. The third-order valence-electron chi connectivity index (χ3n) is 4.13. The molecule has 0 bridgehead atoms. The van der Waals surface area contributed by atoms with Crippen LogP contribution in [0.15, 0.2) is 23.1 Å². The molecule has 0 unspecified atom stereocenters. The zero-order valence-electron chi connectivity index (χ0n) is 15.4. The molecule has 9 nitrogen and oxygen atoms in total. The molecule has 3 N–H and O–H groups in total. The molecule has 1 fully saturated rings. The first-order valence-electron chi connectivity index (χ1n) is 8.65. The van der Waals surface area contributed by atoms with Gasteiger partial charge in [-0.3, -0.25) is 9.59 Å². The van der Waals surface area contributed by atoms with Gasteiger partial charge < -0.3 is 20.5 Å². The third-order valence-corrected chi connectivity index (χ3v) is 6.16. The minimum absolute atomic E-state index is 0.0423. The summed E-state index contributed by atoms with van der Waals surface area (Å²) in [7, 11) is -3.82. The molecule has 1 heterocycles. The van der Waals surface area contributed by atoms with Crippen LogP contribution in [0.25, 0.3) is 0 Å². The molecule has 1 aliphatic rings. The van der Waals surface area contributed by atoms with E-state index in [9.17, 15) is 18.0 Å². The van der Waals surface area contributed by atoms with Crippen molar-refractivity contribution in [1.29, 1.82) is 0 Å². The number of aryl methyl sites for hydroxylation is 2. The molecule has 0 aromatic heterocycles. The molecule has 0 spiro atoms. The van der Waals surface area contributed by atoms with E-state index in [-0.39, 0.29) is 31.1 Å². The van der Waals surface area contributed by atoms with E-state index in [4.69, 9.17) is 9.84 Å². The number of hydrogen-bond donors (Lipinski definition) is 3. The Morgan fingerprint density at radius 1 is 1.26 bits per heavy atom. The zero-order valence-corrected chi connectivity index (χ0v) is 16.2. The van der Waals surface area contributed by atoms with Crippen molar-refractivity contribution in [3.05, 3.63) is 29.3 Å². The molecule has 10 heteroatoms. The van der Waals surface area contributed by atoms with E-state index in [1.807, 2.05) is 13.0 Å². The van der Waals surface area contributed by atoms with E-state index >= 15 is 0 Å². The van der Waals surface area contributed by atoms with Crippen LogP contribution in [0.3, 0.4) is 0 Å². The molecular weight excluding hydrogens is 374 g/mol. The van der Waals surface area contributed by atoms with Crippen LogP contribution in [0.4, 0.5) is 0 Å². The average molecular weight is 399 g/mol. The quantitative estimate of drug-likeness (QED) is 0.542. The van der Waals surface area contributed by atoms with Crippen molar-refractivity contribution in [2.24, 2.45) is 0 Å². The number of benzene rings is 1. The lowest BCUT2D eigenvalue weighted by Crippen LogP contribution is -2.53. The number of amides is 2. The van der Waals surface area contributed by atoms with Crippen molar-refractivity contribution in [2.45, 2.75) is 31.4 Å².